The number of rotatable bonds is 4. The molecule has 3 aromatic rings. The number of nitrogens with one attached hydrogen (secondary N) is 1. The van der Waals surface area contributed by atoms with Crippen LogP contribution in [0.3, 0.4) is 0 Å². The molecule has 2 saturated heterocycles. The lowest BCUT2D eigenvalue weighted by atomic mass is 9.99. The Kier molecular flexibility index (Phi) is 6.91. The number of nitrogens with zero attached hydrogens (tertiary/aromatic N) is 7. The number of aromatic amines is 1. The summed E-state index contributed by atoms with van der Waals surface area (Å²) in [6, 6.07) is 7.92. The first-order chi connectivity index (χ1) is 16.9. The lowest BCUT2D eigenvalue weighted by Crippen LogP contribution is -2.58. The third kappa shape index (κ3) is 5.12. The second-order valence-corrected chi connectivity index (χ2v) is 9.97. The number of likely N-dealkylation sites (tertiary alicyclic amines) is 1. The summed E-state index contributed by atoms with van der Waals surface area (Å²) in [7, 11) is 0. The van der Waals surface area contributed by atoms with Crippen molar-refractivity contribution in [3.05, 3.63) is 52.0 Å². The second kappa shape index (κ2) is 10.1. The summed E-state index contributed by atoms with van der Waals surface area (Å²) in [5, 5.41) is 7.94. The van der Waals surface area contributed by atoms with Gasteiger partial charge in [0, 0.05) is 55.4 Å². The van der Waals surface area contributed by atoms with Crippen molar-refractivity contribution in [2.45, 2.75) is 38.8 Å². The van der Waals surface area contributed by atoms with E-state index in [1.54, 1.807) is 30.5 Å². The summed E-state index contributed by atoms with van der Waals surface area (Å²) in [6.07, 6.45) is 3.61. The smallest absolute Gasteiger partial charge is 0.253 e. The first-order valence-electron chi connectivity index (χ1n) is 11.9. The number of H-pyrrole nitrogens is 1. The predicted octanol–water partition coefficient (Wildman–Crippen LogP) is 3.69. The van der Waals surface area contributed by atoms with Crippen LogP contribution in [0.2, 0.25) is 10.2 Å². The van der Waals surface area contributed by atoms with E-state index in [9.17, 15) is 4.79 Å². The lowest BCUT2D eigenvalue weighted by Gasteiger charge is -2.46. The maximum atomic E-state index is 12.8. The maximum Gasteiger partial charge on any atom is 0.253 e. The van der Waals surface area contributed by atoms with Crippen molar-refractivity contribution in [1.82, 2.24) is 34.9 Å². The number of benzene rings is 1. The minimum absolute atomic E-state index is 0.0786. The first kappa shape index (κ1) is 24.0. The highest BCUT2D eigenvalue weighted by Crippen LogP contribution is 2.28. The largest absolute Gasteiger partial charge is 0.351 e. The van der Waals surface area contributed by atoms with E-state index in [0.717, 1.165) is 45.6 Å². The highest BCUT2D eigenvalue weighted by atomic mass is 35.5. The van der Waals surface area contributed by atoms with Gasteiger partial charge in [-0.3, -0.25) is 14.8 Å². The van der Waals surface area contributed by atoms with Crippen molar-refractivity contribution < 1.29 is 4.79 Å². The zero-order chi connectivity index (χ0) is 24.5. The maximum absolute atomic E-state index is 12.8. The third-order valence-corrected chi connectivity index (χ3v) is 7.33. The van der Waals surface area contributed by atoms with Gasteiger partial charge in [0.15, 0.2) is 11.0 Å². The Bertz CT molecular complexity index is 1190. The van der Waals surface area contributed by atoms with Gasteiger partial charge in [-0.1, -0.05) is 23.2 Å². The van der Waals surface area contributed by atoms with E-state index >= 15 is 0 Å². The molecule has 11 heteroatoms. The number of aromatic nitrogens is 5. The van der Waals surface area contributed by atoms with Crippen molar-refractivity contribution >= 4 is 34.9 Å². The summed E-state index contributed by atoms with van der Waals surface area (Å²) < 4.78 is 0. The van der Waals surface area contributed by atoms with E-state index in [1.165, 1.54) is 0 Å². The molecule has 9 nitrogen and oxygen atoms in total. The van der Waals surface area contributed by atoms with Crippen LogP contribution in [0.4, 0.5) is 5.82 Å². The van der Waals surface area contributed by atoms with Crippen LogP contribution in [0.1, 0.15) is 35.9 Å². The second-order valence-electron chi connectivity index (χ2n) is 9.18. The number of anilines is 1. The third-order valence-electron chi connectivity index (χ3n) is 6.83. The molecular formula is C24H28Cl2N8O. The van der Waals surface area contributed by atoms with Gasteiger partial charge < -0.3 is 9.80 Å². The molecule has 0 spiro atoms. The van der Waals surface area contributed by atoms with Gasteiger partial charge in [0.2, 0.25) is 5.82 Å². The number of piperidine rings is 1. The van der Waals surface area contributed by atoms with Crippen molar-refractivity contribution in [3.63, 3.8) is 0 Å². The average molecular weight is 515 g/mol. The summed E-state index contributed by atoms with van der Waals surface area (Å²) in [5.41, 5.74) is 1.24. The number of hydrogen-bond acceptors (Lipinski definition) is 7. The lowest BCUT2D eigenvalue weighted by molar-refractivity contribution is 0.0525. The van der Waals surface area contributed by atoms with Gasteiger partial charge in [-0.15, -0.1) is 0 Å². The molecule has 1 amide bonds. The Labute approximate surface area is 214 Å². The fourth-order valence-electron chi connectivity index (χ4n) is 5.02. The average Bonchev–Trinajstić information content (AvgIpc) is 3.30. The van der Waals surface area contributed by atoms with Crippen LogP contribution < -0.4 is 4.90 Å². The first-order valence-corrected chi connectivity index (χ1v) is 12.6. The quantitative estimate of drug-likeness (QED) is 0.567. The number of carbonyl (C=O) groups is 1. The zero-order valence-electron chi connectivity index (χ0n) is 19.8. The van der Waals surface area contributed by atoms with E-state index < -0.39 is 0 Å². The molecular weight excluding hydrogens is 487 g/mol. The molecule has 1 atom stereocenters. The van der Waals surface area contributed by atoms with Crippen molar-refractivity contribution in [2.75, 3.05) is 37.6 Å². The van der Waals surface area contributed by atoms with Gasteiger partial charge in [-0.2, -0.15) is 5.10 Å². The Morgan fingerprint density at radius 3 is 2.43 bits per heavy atom. The van der Waals surface area contributed by atoms with Crippen LogP contribution in [-0.2, 0) is 0 Å². The van der Waals surface area contributed by atoms with Gasteiger partial charge in [-0.25, -0.2) is 15.0 Å². The van der Waals surface area contributed by atoms with Gasteiger partial charge in [0.25, 0.3) is 5.91 Å². The molecule has 2 aliphatic rings. The molecule has 0 saturated carbocycles. The fourth-order valence-corrected chi connectivity index (χ4v) is 5.40. The number of piperazine rings is 1. The number of aryl methyl sites for hydroxylation is 1. The van der Waals surface area contributed by atoms with Crippen LogP contribution in [0, 0.1) is 6.92 Å². The molecule has 1 aromatic carbocycles. The molecule has 0 radical (unpaired) electrons. The summed E-state index contributed by atoms with van der Waals surface area (Å²) in [5.74, 6) is 1.97. The van der Waals surface area contributed by atoms with Crippen molar-refractivity contribution in [1.29, 1.82) is 0 Å². The van der Waals surface area contributed by atoms with E-state index in [-0.39, 0.29) is 5.91 Å². The van der Waals surface area contributed by atoms with Crippen molar-refractivity contribution in [3.8, 4) is 11.5 Å². The Morgan fingerprint density at radius 1 is 1.06 bits per heavy atom. The highest BCUT2D eigenvalue weighted by Gasteiger charge is 2.34. The molecule has 0 aliphatic carbocycles. The summed E-state index contributed by atoms with van der Waals surface area (Å²) in [4.78, 5) is 32.9. The van der Waals surface area contributed by atoms with Crippen LogP contribution in [0.25, 0.3) is 11.5 Å². The number of hydrogen-bond donors (Lipinski definition) is 1. The fraction of sp³-hybridized carbons (Fsp3) is 0.458. The molecule has 184 valence electrons. The number of halogens is 2. The van der Waals surface area contributed by atoms with E-state index in [4.69, 9.17) is 23.2 Å². The SMILES string of the molecule is Cc1nc(-c2cnc(N3CCN(C4CCN(C(=O)c5ccc(Cl)cc5)CC4)C(C)C3)c(Cl)n2)n[nH]1. The zero-order valence-corrected chi connectivity index (χ0v) is 21.3. The van der Waals surface area contributed by atoms with Crippen LogP contribution in [0.15, 0.2) is 30.5 Å². The van der Waals surface area contributed by atoms with Crippen LogP contribution in [0.5, 0.6) is 0 Å². The molecule has 2 fully saturated rings. The number of carbonyl (C=O) groups excluding carboxylic acids is 1. The van der Waals surface area contributed by atoms with E-state index in [0.29, 0.717) is 51.0 Å². The van der Waals surface area contributed by atoms with Crippen molar-refractivity contribution in [2.24, 2.45) is 0 Å². The predicted molar refractivity (Wildman–Crippen MR) is 136 cm³/mol. The molecule has 0 bridgehead atoms. The molecule has 1 unspecified atom stereocenters. The van der Waals surface area contributed by atoms with Crippen LogP contribution in [-0.4, -0.2) is 85.7 Å². The van der Waals surface area contributed by atoms with Gasteiger partial charge in [0.05, 0.1) is 6.20 Å². The topological polar surface area (TPSA) is 94.1 Å². The molecule has 5 rings (SSSR count). The molecule has 35 heavy (non-hydrogen) atoms. The normalized spacial score (nSPS) is 19.8. The molecule has 4 heterocycles. The minimum Gasteiger partial charge on any atom is -0.351 e. The van der Waals surface area contributed by atoms with E-state index in [1.807, 2.05) is 11.8 Å². The van der Waals surface area contributed by atoms with Crippen LogP contribution >= 0.6 is 23.2 Å². The van der Waals surface area contributed by atoms with Gasteiger partial charge >= 0.3 is 0 Å². The Morgan fingerprint density at radius 2 is 1.80 bits per heavy atom. The van der Waals surface area contributed by atoms with Gasteiger partial charge in [0.1, 0.15) is 11.5 Å². The minimum atomic E-state index is 0.0786. The highest BCUT2D eigenvalue weighted by molar-refractivity contribution is 6.31. The Balaban J connectivity index is 1.18. The van der Waals surface area contributed by atoms with Gasteiger partial charge in [-0.05, 0) is 51.0 Å². The summed E-state index contributed by atoms with van der Waals surface area (Å²) in [6.45, 7) is 8.15. The monoisotopic (exact) mass is 514 g/mol. The Hall–Kier alpha value is -2.75. The number of amides is 1. The molecule has 2 aromatic heterocycles. The molecule has 2 aliphatic heterocycles. The molecule has 1 N–H and O–H groups in total. The van der Waals surface area contributed by atoms with E-state index in [2.05, 4.69) is 41.9 Å². The summed E-state index contributed by atoms with van der Waals surface area (Å²) >= 11 is 12.5. The standard InChI is InChI=1S/C24H28Cl2N8O/c1-15-14-33(23-21(26)29-20(13-27-23)22-28-16(2)30-31-22)11-12-34(15)19-7-9-32(10-8-19)24(35)17-3-5-18(25)6-4-17/h3-6,13,15,19H,7-12,14H2,1-2H3,(H,28,30,31).